The lowest BCUT2D eigenvalue weighted by molar-refractivity contribution is -0.133. The molecule has 0 atom stereocenters. The molecule has 1 heterocycles. The van der Waals surface area contributed by atoms with Crippen LogP contribution in [0, 0.1) is 0 Å². The van der Waals surface area contributed by atoms with E-state index in [0.717, 1.165) is 32.5 Å². The molecule has 0 bridgehead atoms. The molecule has 19 heavy (non-hydrogen) atoms. The molecule has 1 aliphatic rings. The third-order valence-electron chi connectivity index (χ3n) is 3.49. The second-order valence-corrected chi connectivity index (χ2v) is 5.95. The van der Waals surface area contributed by atoms with Gasteiger partial charge >= 0.3 is 5.97 Å². The largest absolute Gasteiger partial charge is 0.481 e. The number of likely N-dealkylation sites (tertiary alicyclic amines) is 1. The van der Waals surface area contributed by atoms with Crippen molar-refractivity contribution < 1.29 is 14.7 Å². The lowest BCUT2D eigenvalue weighted by atomic mass is 10.0. The Balaban J connectivity index is 2.27. The summed E-state index contributed by atoms with van der Waals surface area (Å²) >= 11 is 1.17. The maximum atomic E-state index is 11.9. The number of carbonyl (C=O) groups excluding carboxylic acids is 1. The molecule has 0 aromatic heterocycles. The number of carboxylic acid groups (broad SMARTS) is 1. The number of aliphatic carboxylic acids is 1. The van der Waals surface area contributed by atoms with Crippen LogP contribution in [0.25, 0.3) is 0 Å². The first kappa shape index (κ1) is 16.3. The van der Waals surface area contributed by atoms with Crippen molar-refractivity contribution in [2.45, 2.75) is 32.2 Å². The summed E-state index contributed by atoms with van der Waals surface area (Å²) in [6.45, 7) is 5.43. The van der Waals surface area contributed by atoms with Crippen LogP contribution in [0.2, 0.25) is 0 Å². The van der Waals surface area contributed by atoms with Crippen molar-refractivity contribution >= 4 is 23.6 Å². The van der Waals surface area contributed by atoms with Crippen LogP contribution in [0.3, 0.4) is 0 Å². The van der Waals surface area contributed by atoms with Gasteiger partial charge in [0.2, 0.25) is 5.91 Å². The summed E-state index contributed by atoms with van der Waals surface area (Å²) in [7, 11) is 1.84. The Morgan fingerprint density at radius 3 is 2.47 bits per heavy atom. The minimum Gasteiger partial charge on any atom is -0.481 e. The molecule has 0 unspecified atom stereocenters. The van der Waals surface area contributed by atoms with Gasteiger partial charge in [-0.2, -0.15) is 0 Å². The molecule has 1 fully saturated rings. The Bertz CT molecular complexity index is 304. The van der Waals surface area contributed by atoms with E-state index in [1.54, 1.807) is 4.90 Å². The number of piperidine rings is 1. The summed E-state index contributed by atoms with van der Waals surface area (Å²) in [6.07, 6.45) is 3.21. The molecule has 110 valence electrons. The van der Waals surface area contributed by atoms with Crippen molar-refractivity contribution in [3.8, 4) is 0 Å². The van der Waals surface area contributed by atoms with E-state index < -0.39 is 5.97 Å². The van der Waals surface area contributed by atoms with E-state index in [1.807, 2.05) is 7.05 Å². The number of amides is 1. The average molecular weight is 288 g/mol. The second kappa shape index (κ2) is 8.43. The molecule has 1 aliphatic heterocycles. The molecule has 0 saturated carbocycles. The van der Waals surface area contributed by atoms with Gasteiger partial charge in [0.25, 0.3) is 0 Å². The van der Waals surface area contributed by atoms with Gasteiger partial charge in [-0.15, -0.1) is 11.8 Å². The Hall–Kier alpha value is -0.750. The Morgan fingerprint density at radius 2 is 1.95 bits per heavy atom. The number of nitrogens with zero attached hydrogens (tertiary/aromatic N) is 2. The molecule has 6 heteroatoms. The van der Waals surface area contributed by atoms with Crippen LogP contribution < -0.4 is 0 Å². The fourth-order valence-electron chi connectivity index (χ4n) is 2.38. The SMILES string of the molecule is CCCN1CCC(N(C)C(=O)CSCC(=O)O)CC1. The van der Waals surface area contributed by atoms with Crippen molar-refractivity contribution in [2.24, 2.45) is 0 Å². The predicted octanol–water partition coefficient (Wildman–Crippen LogP) is 1.14. The summed E-state index contributed by atoms with van der Waals surface area (Å²) in [5, 5.41) is 8.54. The lowest BCUT2D eigenvalue weighted by Crippen LogP contribution is -2.46. The minimum absolute atomic E-state index is 0.00543. The summed E-state index contributed by atoms with van der Waals surface area (Å²) < 4.78 is 0. The van der Waals surface area contributed by atoms with Gasteiger partial charge < -0.3 is 14.9 Å². The molecule has 0 radical (unpaired) electrons. The monoisotopic (exact) mass is 288 g/mol. The molecule has 1 amide bonds. The Kier molecular flexibility index (Phi) is 7.23. The van der Waals surface area contributed by atoms with Gasteiger partial charge in [0, 0.05) is 26.2 Å². The third kappa shape index (κ3) is 5.82. The number of thioether (sulfide) groups is 1. The maximum Gasteiger partial charge on any atom is 0.313 e. The zero-order valence-corrected chi connectivity index (χ0v) is 12.6. The number of carbonyl (C=O) groups is 2. The number of hydrogen-bond donors (Lipinski definition) is 1. The van der Waals surface area contributed by atoms with Crippen molar-refractivity contribution in [1.82, 2.24) is 9.80 Å². The summed E-state index contributed by atoms with van der Waals surface area (Å²) in [6, 6.07) is 0.311. The van der Waals surface area contributed by atoms with Gasteiger partial charge in [-0.3, -0.25) is 9.59 Å². The quantitative estimate of drug-likeness (QED) is 0.761. The third-order valence-corrected chi connectivity index (χ3v) is 4.39. The minimum atomic E-state index is -0.867. The Labute approximate surface area is 119 Å². The highest BCUT2D eigenvalue weighted by Gasteiger charge is 2.24. The normalized spacial score (nSPS) is 17.4. The standard InChI is InChI=1S/C13H24N2O3S/c1-3-6-15-7-4-11(5-8-15)14(2)12(16)9-19-10-13(17)18/h11H,3-10H2,1-2H3,(H,17,18). The first-order valence-corrected chi connectivity index (χ1v) is 7.97. The van der Waals surface area contributed by atoms with E-state index in [-0.39, 0.29) is 17.4 Å². The second-order valence-electron chi connectivity index (χ2n) is 4.96. The van der Waals surface area contributed by atoms with Crippen LogP contribution in [0.15, 0.2) is 0 Å². The van der Waals surface area contributed by atoms with Crippen LogP contribution in [0.5, 0.6) is 0 Å². The number of hydrogen-bond acceptors (Lipinski definition) is 4. The first-order chi connectivity index (χ1) is 9.04. The smallest absolute Gasteiger partial charge is 0.313 e. The van der Waals surface area contributed by atoms with E-state index in [4.69, 9.17) is 5.11 Å². The summed E-state index contributed by atoms with van der Waals surface area (Å²) in [4.78, 5) is 26.6. The highest BCUT2D eigenvalue weighted by atomic mass is 32.2. The molecule has 0 aliphatic carbocycles. The van der Waals surface area contributed by atoms with Crippen LogP contribution >= 0.6 is 11.8 Å². The molecule has 1 N–H and O–H groups in total. The van der Waals surface area contributed by atoms with Crippen LogP contribution in [-0.4, -0.2) is 71.0 Å². The van der Waals surface area contributed by atoms with Crippen LogP contribution in [-0.2, 0) is 9.59 Å². The van der Waals surface area contributed by atoms with Crippen molar-refractivity contribution in [3.05, 3.63) is 0 Å². The molecular weight excluding hydrogens is 264 g/mol. The van der Waals surface area contributed by atoms with Gasteiger partial charge in [0.1, 0.15) is 0 Å². The van der Waals surface area contributed by atoms with Crippen LogP contribution in [0.4, 0.5) is 0 Å². The molecular formula is C13H24N2O3S. The van der Waals surface area contributed by atoms with Gasteiger partial charge in [0.05, 0.1) is 11.5 Å². The predicted molar refractivity (Wildman–Crippen MR) is 77.5 cm³/mol. The highest BCUT2D eigenvalue weighted by Crippen LogP contribution is 2.16. The van der Waals surface area contributed by atoms with Crippen LogP contribution in [0.1, 0.15) is 26.2 Å². The summed E-state index contributed by atoms with van der Waals surface area (Å²) in [5.41, 5.74) is 0. The van der Waals surface area contributed by atoms with Crippen molar-refractivity contribution in [1.29, 1.82) is 0 Å². The molecule has 1 rings (SSSR count). The molecule has 0 aromatic carbocycles. The van der Waals surface area contributed by atoms with E-state index in [0.29, 0.717) is 6.04 Å². The van der Waals surface area contributed by atoms with E-state index in [1.165, 1.54) is 18.2 Å². The zero-order valence-electron chi connectivity index (χ0n) is 11.8. The fraction of sp³-hybridized carbons (Fsp3) is 0.846. The van der Waals surface area contributed by atoms with E-state index in [2.05, 4.69) is 11.8 Å². The van der Waals surface area contributed by atoms with Crippen molar-refractivity contribution in [2.75, 3.05) is 38.2 Å². The van der Waals surface area contributed by atoms with Gasteiger partial charge in [-0.05, 0) is 25.8 Å². The van der Waals surface area contributed by atoms with E-state index in [9.17, 15) is 9.59 Å². The number of carboxylic acids is 1. The molecule has 0 spiro atoms. The van der Waals surface area contributed by atoms with Gasteiger partial charge in [-0.25, -0.2) is 0 Å². The highest BCUT2D eigenvalue weighted by molar-refractivity contribution is 8.00. The molecule has 1 saturated heterocycles. The molecule has 5 nitrogen and oxygen atoms in total. The zero-order chi connectivity index (χ0) is 14.3. The molecule has 0 aromatic rings. The first-order valence-electron chi connectivity index (χ1n) is 6.82. The van der Waals surface area contributed by atoms with Crippen molar-refractivity contribution in [3.63, 3.8) is 0 Å². The Morgan fingerprint density at radius 1 is 1.32 bits per heavy atom. The van der Waals surface area contributed by atoms with E-state index >= 15 is 0 Å². The lowest BCUT2D eigenvalue weighted by Gasteiger charge is -2.36. The number of rotatable bonds is 7. The fourth-order valence-corrected chi connectivity index (χ4v) is 3.03. The van der Waals surface area contributed by atoms with Gasteiger partial charge in [-0.1, -0.05) is 6.92 Å². The van der Waals surface area contributed by atoms with Gasteiger partial charge in [0.15, 0.2) is 0 Å². The maximum absolute atomic E-state index is 11.9. The topological polar surface area (TPSA) is 60.9 Å². The average Bonchev–Trinajstić information content (AvgIpc) is 2.38. The summed E-state index contributed by atoms with van der Waals surface area (Å²) in [5.74, 6) is -0.569.